The number of imide groups is 1. The molecular weight excluding hydrogens is 534 g/mol. The Morgan fingerprint density at radius 1 is 0.619 bits per heavy atom. The molecule has 2 amide bonds. The number of ether oxygens (including phenoxy) is 4. The lowest BCUT2D eigenvalue weighted by Crippen LogP contribution is -2.36. The van der Waals surface area contributed by atoms with Crippen molar-refractivity contribution in [2.45, 2.75) is 6.61 Å². The minimum atomic E-state index is -0.575. The molecule has 0 fully saturated rings. The molecule has 0 aliphatic carbocycles. The third-order valence-corrected chi connectivity index (χ3v) is 6.93. The molecule has 8 nitrogen and oxygen atoms in total. The Hall–Kier alpha value is -5.37. The highest BCUT2D eigenvalue weighted by Crippen LogP contribution is 2.39. The zero-order chi connectivity index (χ0) is 29.6. The summed E-state index contributed by atoms with van der Waals surface area (Å²) >= 11 is 0. The quantitative estimate of drug-likeness (QED) is 0.177. The molecule has 0 saturated heterocycles. The van der Waals surface area contributed by atoms with Crippen molar-refractivity contribution >= 4 is 28.7 Å². The number of hydrogen-bond donors (Lipinski definition) is 0. The van der Waals surface area contributed by atoms with Crippen molar-refractivity contribution in [2.24, 2.45) is 0 Å². The maximum Gasteiger partial charge on any atom is 0.262 e. The van der Waals surface area contributed by atoms with Gasteiger partial charge in [-0.25, -0.2) is 0 Å². The van der Waals surface area contributed by atoms with E-state index in [4.69, 9.17) is 18.9 Å². The van der Waals surface area contributed by atoms with Crippen LogP contribution in [0.4, 0.5) is 0 Å². The van der Waals surface area contributed by atoms with Gasteiger partial charge in [-0.2, -0.15) is 0 Å². The van der Waals surface area contributed by atoms with Gasteiger partial charge in [0.05, 0.1) is 39.0 Å². The summed E-state index contributed by atoms with van der Waals surface area (Å²) in [7, 11) is 4.49. The van der Waals surface area contributed by atoms with Gasteiger partial charge in [0.2, 0.25) is 0 Å². The van der Waals surface area contributed by atoms with Crippen LogP contribution in [0.5, 0.6) is 23.0 Å². The fourth-order valence-electron chi connectivity index (χ4n) is 4.78. The monoisotopic (exact) mass is 563 g/mol. The molecule has 0 saturated carbocycles. The van der Waals surface area contributed by atoms with Crippen LogP contribution in [0.15, 0.2) is 97.1 Å². The Labute approximate surface area is 243 Å². The highest BCUT2D eigenvalue weighted by atomic mass is 16.5. The summed E-state index contributed by atoms with van der Waals surface area (Å²) in [4.78, 5) is 41.9. The van der Waals surface area contributed by atoms with E-state index in [-0.39, 0.29) is 16.7 Å². The summed E-state index contributed by atoms with van der Waals surface area (Å²) in [5.74, 6) is 0.169. The standard InChI is InChI=1S/C34H29NO7/c1-39-27-16-15-25(19-29(27)40-2)32-31(23-12-8-5-9-13-23)33(37)35(34(32)38)20-26(36)24-14-17-28(30(18-24)41-3)42-21-22-10-6-4-7-11-22/h4-19H,20-21H2,1-3H3. The number of amides is 2. The van der Waals surface area contributed by atoms with Crippen LogP contribution in [-0.2, 0) is 16.2 Å². The van der Waals surface area contributed by atoms with E-state index in [9.17, 15) is 14.4 Å². The number of Topliss-reactive ketones (excluding diaryl/α,β-unsaturated/α-hetero) is 1. The van der Waals surface area contributed by atoms with E-state index in [0.717, 1.165) is 10.5 Å². The van der Waals surface area contributed by atoms with Gasteiger partial charge in [-0.3, -0.25) is 19.3 Å². The van der Waals surface area contributed by atoms with Crippen LogP contribution in [-0.4, -0.2) is 50.4 Å². The van der Waals surface area contributed by atoms with Crippen LogP contribution in [0, 0.1) is 0 Å². The summed E-state index contributed by atoms with van der Waals surface area (Å²) in [6.45, 7) is -0.119. The van der Waals surface area contributed by atoms with Gasteiger partial charge in [0.25, 0.3) is 11.8 Å². The summed E-state index contributed by atoms with van der Waals surface area (Å²) in [5, 5.41) is 0. The first kappa shape index (κ1) is 28.2. The maximum atomic E-state index is 13.8. The number of hydrogen-bond acceptors (Lipinski definition) is 7. The Morgan fingerprint density at radius 2 is 1.19 bits per heavy atom. The van der Waals surface area contributed by atoms with Crippen LogP contribution in [0.1, 0.15) is 27.0 Å². The largest absolute Gasteiger partial charge is 0.493 e. The molecule has 1 aliphatic heterocycles. The highest BCUT2D eigenvalue weighted by Gasteiger charge is 2.40. The van der Waals surface area contributed by atoms with Crippen molar-refractivity contribution in [1.82, 2.24) is 4.90 Å². The van der Waals surface area contributed by atoms with Crippen LogP contribution < -0.4 is 18.9 Å². The van der Waals surface area contributed by atoms with Crippen LogP contribution in [0.25, 0.3) is 11.1 Å². The first-order chi connectivity index (χ1) is 20.4. The lowest BCUT2D eigenvalue weighted by Gasteiger charge is -2.16. The number of nitrogens with zero attached hydrogens (tertiary/aromatic N) is 1. The molecule has 0 aromatic heterocycles. The van der Waals surface area contributed by atoms with E-state index in [2.05, 4.69) is 0 Å². The summed E-state index contributed by atoms with van der Waals surface area (Å²) < 4.78 is 22.1. The van der Waals surface area contributed by atoms with Gasteiger partial charge in [-0.1, -0.05) is 66.7 Å². The third kappa shape index (κ3) is 5.60. The Balaban J connectivity index is 1.42. The molecule has 5 rings (SSSR count). The molecule has 0 N–H and O–H groups in total. The van der Waals surface area contributed by atoms with E-state index in [1.807, 2.05) is 36.4 Å². The van der Waals surface area contributed by atoms with Gasteiger partial charge in [0.15, 0.2) is 28.8 Å². The van der Waals surface area contributed by atoms with Crippen molar-refractivity contribution in [3.8, 4) is 23.0 Å². The van der Waals surface area contributed by atoms with Crippen LogP contribution in [0.2, 0.25) is 0 Å². The number of benzene rings is 4. The second-order valence-electron chi connectivity index (χ2n) is 9.45. The number of rotatable bonds is 11. The molecular formula is C34H29NO7. The van der Waals surface area contributed by atoms with Gasteiger partial charge in [0, 0.05) is 5.56 Å². The predicted octanol–water partition coefficient (Wildman–Crippen LogP) is 5.45. The zero-order valence-corrected chi connectivity index (χ0v) is 23.5. The number of carbonyl (C=O) groups is 3. The Morgan fingerprint density at radius 3 is 1.83 bits per heavy atom. The van der Waals surface area contributed by atoms with Crippen molar-refractivity contribution in [3.05, 3.63) is 119 Å². The average Bonchev–Trinajstić information content (AvgIpc) is 3.28. The van der Waals surface area contributed by atoms with Gasteiger partial charge < -0.3 is 18.9 Å². The molecule has 0 radical (unpaired) electrons. The van der Waals surface area contributed by atoms with Gasteiger partial charge >= 0.3 is 0 Å². The van der Waals surface area contributed by atoms with Crippen LogP contribution in [0.3, 0.4) is 0 Å². The van der Waals surface area contributed by atoms with E-state index < -0.39 is 24.1 Å². The number of carbonyl (C=O) groups excluding carboxylic acids is 3. The lowest BCUT2D eigenvalue weighted by atomic mass is 9.96. The van der Waals surface area contributed by atoms with Crippen molar-refractivity contribution < 1.29 is 33.3 Å². The molecule has 1 heterocycles. The predicted molar refractivity (Wildman–Crippen MR) is 158 cm³/mol. The number of ketones is 1. The second kappa shape index (κ2) is 12.4. The second-order valence-corrected chi connectivity index (χ2v) is 9.45. The number of methoxy groups -OCH3 is 3. The first-order valence-electron chi connectivity index (χ1n) is 13.2. The highest BCUT2D eigenvalue weighted by molar-refractivity contribution is 6.49. The minimum absolute atomic E-state index is 0.183. The topological polar surface area (TPSA) is 91.4 Å². The molecule has 4 aromatic rings. The average molecular weight is 564 g/mol. The third-order valence-electron chi connectivity index (χ3n) is 6.93. The smallest absolute Gasteiger partial charge is 0.262 e. The maximum absolute atomic E-state index is 13.8. The van der Waals surface area contributed by atoms with Gasteiger partial charge in [0.1, 0.15) is 6.61 Å². The van der Waals surface area contributed by atoms with E-state index in [1.54, 1.807) is 60.7 Å². The molecule has 0 atom stereocenters. The lowest BCUT2D eigenvalue weighted by molar-refractivity contribution is -0.135. The van der Waals surface area contributed by atoms with Gasteiger partial charge in [-0.05, 0) is 47.0 Å². The summed E-state index contributed by atoms with van der Waals surface area (Å²) in [5.41, 5.74) is 2.70. The Bertz CT molecular complexity index is 1660. The SMILES string of the molecule is COc1ccc(C2=C(c3ccccc3)C(=O)N(CC(=O)c3ccc(OCc4ccccc4)c(OC)c3)C2=O)cc1OC. The molecule has 42 heavy (non-hydrogen) atoms. The van der Waals surface area contributed by atoms with Crippen molar-refractivity contribution in [2.75, 3.05) is 27.9 Å². The molecule has 0 spiro atoms. The molecule has 1 aliphatic rings. The minimum Gasteiger partial charge on any atom is -0.493 e. The molecule has 4 aromatic carbocycles. The van der Waals surface area contributed by atoms with Crippen LogP contribution >= 0.6 is 0 Å². The van der Waals surface area contributed by atoms with E-state index in [1.165, 1.54) is 21.3 Å². The molecule has 8 heteroatoms. The van der Waals surface area contributed by atoms with E-state index >= 15 is 0 Å². The fraction of sp³-hybridized carbons (Fsp3) is 0.147. The zero-order valence-electron chi connectivity index (χ0n) is 23.5. The van der Waals surface area contributed by atoms with Crippen molar-refractivity contribution in [3.63, 3.8) is 0 Å². The fourth-order valence-corrected chi connectivity index (χ4v) is 4.78. The molecule has 212 valence electrons. The van der Waals surface area contributed by atoms with Gasteiger partial charge in [-0.15, -0.1) is 0 Å². The first-order valence-corrected chi connectivity index (χ1v) is 13.2. The van der Waals surface area contributed by atoms with E-state index in [0.29, 0.717) is 40.7 Å². The molecule has 0 bridgehead atoms. The Kier molecular flexibility index (Phi) is 8.34. The summed E-state index contributed by atoms with van der Waals surface area (Å²) in [6, 6.07) is 28.4. The van der Waals surface area contributed by atoms with Crippen molar-refractivity contribution in [1.29, 1.82) is 0 Å². The normalized spacial score (nSPS) is 12.9. The summed E-state index contributed by atoms with van der Waals surface area (Å²) in [6.07, 6.45) is 0. The molecule has 0 unspecified atom stereocenters.